The maximum absolute atomic E-state index is 13.2. The van der Waals surface area contributed by atoms with Crippen molar-refractivity contribution >= 4 is 52.5 Å². The van der Waals surface area contributed by atoms with Gasteiger partial charge in [-0.05, 0) is 77.0 Å². The van der Waals surface area contributed by atoms with Crippen LogP contribution in [0, 0.1) is 10.1 Å². The number of amides is 2. The number of thiophene rings is 1. The summed E-state index contributed by atoms with van der Waals surface area (Å²) >= 11 is 1.53. The first-order valence-electron chi connectivity index (χ1n) is 11.4. The molecule has 3 aromatic carbocycles. The van der Waals surface area contributed by atoms with E-state index in [0.29, 0.717) is 16.8 Å². The van der Waals surface area contributed by atoms with Crippen molar-refractivity contribution in [1.29, 1.82) is 0 Å². The van der Waals surface area contributed by atoms with Crippen LogP contribution in [0.15, 0.2) is 107 Å². The van der Waals surface area contributed by atoms with Crippen LogP contribution in [0.5, 0.6) is 0 Å². The van der Waals surface area contributed by atoms with Crippen LogP contribution in [0.25, 0.3) is 12.2 Å². The number of nitrogens with one attached hydrogen (secondary N) is 2. The average Bonchev–Trinajstić information content (AvgIpc) is 3.46. The highest BCUT2D eigenvalue weighted by atomic mass is 32.1. The Hall–Kier alpha value is -5.15. The Bertz CT molecular complexity index is 1530. The molecule has 0 aliphatic rings. The quantitative estimate of drug-likeness (QED) is 0.121. The zero-order valence-corrected chi connectivity index (χ0v) is 20.7. The van der Waals surface area contributed by atoms with E-state index in [1.165, 1.54) is 41.7 Å². The van der Waals surface area contributed by atoms with Crippen LogP contribution in [0.1, 0.15) is 31.8 Å². The average molecular weight is 524 g/mol. The van der Waals surface area contributed by atoms with Crippen LogP contribution < -0.4 is 10.6 Å². The topological polar surface area (TPSA) is 118 Å². The minimum atomic E-state index is -0.691. The van der Waals surface area contributed by atoms with Gasteiger partial charge in [-0.2, -0.15) is 11.3 Å². The third-order valence-electron chi connectivity index (χ3n) is 5.36. The van der Waals surface area contributed by atoms with E-state index in [4.69, 9.17) is 0 Å². The molecule has 0 bridgehead atoms. The van der Waals surface area contributed by atoms with Gasteiger partial charge in [-0.3, -0.25) is 24.5 Å². The SMILES string of the molecule is O=C(Nc1ccc(C(=O)/C=C/c2ccsc2)cc1)/C(=C/c1ccccc1[N+](=O)[O-])NC(=O)c1ccccc1. The fourth-order valence-corrected chi connectivity index (χ4v) is 4.06. The predicted octanol–water partition coefficient (Wildman–Crippen LogP) is 5.96. The first-order valence-corrected chi connectivity index (χ1v) is 12.3. The molecule has 0 unspecified atom stereocenters. The molecule has 0 aliphatic heterocycles. The lowest BCUT2D eigenvalue weighted by Crippen LogP contribution is -2.30. The van der Waals surface area contributed by atoms with E-state index in [9.17, 15) is 24.5 Å². The first kappa shape index (κ1) is 25.9. The molecule has 2 amide bonds. The lowest BCUT2D eigenvalue weighted by atomic mass is 10.1. The van der Waals surface area contributed by atoms with Gasteiger partial charge in [0.2, 0.25) is 0 Å². The summed E-state index contributed by atoms with van der Waals surface area (Å²) in [5, 5.41) is 20.5. The van der Waals surface area contributed by atoms with Gasteiger partial charge in [0, 0.05) is 22.9 Å². The van der Waals surface area contributed by atoms with E-state index in [1.54, 1.807) is 66.7 Å². The van der Waals surface area contributed by atoms with Crippen LogP contribution >= 0.6 is 11.3 Å². The van der Waals surface area contributed by atoms with Crippen molar-refractivity contribution in [2.75, 3.05) is 5.32 Å². The highest BCUT2D eigenvalue weighted by Gasteiger charge is 2.18. The van der Waals surface area contributed by atoms with Crippen LogP contribution in [-0.2, 0) is 4.79 Å². The Labute approximate surface area is 222 Å². The third kappa shape index (κ3) is 6.74. The number of rotatable bonds is 9. The summed E-state index contributed by atoms with van der Waals surface area (Å²) in [7, 11) is 0. The number of nitrogens with zero attached hydrogens (tertiary/aromatic N) is 1. The van der Waals surface area contributed by atoms with Crippen molar-refractivity contribution in [2.24, 2.45) is 0 Å². The Morgan fingerprint density at radius 3 is 2.24 bits per heavy atom. The van der Waals surface area contributed by atoms with Crippen molar-refractivity contribution in [1.82, 2.24) is 5.32 Å². The van der Waals surface area contributed by atoms with Crippen molar-refractivity contribution in [3.63, 3.8) is 0 Å². The van der Waals surface area contributed by atoms with E-state index in [0.717, 1.165) is 5.56 Å². The number of nitro benzene ring substituents is 1. The predicted molar refractivity (Wildman–Crippen MR) is 148 cm³/mol. The number of para-hydroxylation sites is 1. The zero-order valence-electron chi connectivity index (χ0n) is 19.9. The fraction of sp³-hybridized carbons (Fsp3) is 0. The first-order chi connectivity index (χ1) is 18.4. The van der Waals surface area contributed by atoms with Crippen LogP contribution in [0.3, 0.4) is 0 Å². The van der Waals surface area contributed by atoms with Crippen molar-refractivity contribution in [3.8, 4) is 0 Å². The lowest BCUT2D eigenvalue weighted by molar-refractivity contribution is -0.385. The minimum absolute atomic E-state index is 0.148. The van der Waals surface area contributed by atoms with E-state index in [2.05, 4.69) is 10.6 Å². The molecule has 0 fully saturated rings. The molecule has 2 N–H and O–H groups in total. The molecule has 8 nitrogen and oxygen atoms in total. The summed E-state index contributed by atoms with van der Waals surface area (Å²) in [5.41, 5.74) is 1.79. The number of anilines is 1. The molecule has 1 aromatic heterocycles. The maximum atomic E-state index is 13.2. The van der Waals surface area contributed by atoms with E-state index < -0.39 is 16.7 Å². The van der Waals surface area contributed by atoms with Gasteiger partial charge >= 0.3 is 0 Å². The Balaban J connectivity index is 1.55. The normalized spacial score (nSPS) is 11.2. The number of allylic oxidation sites excluding steroid dienone is 1. The van der Waals surface area contributed by atoms with Gasteiger partial charge in [-0.1, -0.05) is 36.4 Å². The lowest BCUT2D eigenvalue weighted by Gasteiger charge is -2.12. The van der Waals surface area contributed by atoms with E-state index in [-0.39, 0.29) is 22.7 Å². The number of benzene rings is 3. The zero-order chi connectivity index (χ0) is 26.9. The molecule has 9 heteroatoms. The largest absolute Gasteiger partial charge is 0.321 e. The molecule has 1 heterocycles. The summed E-state index contributed by atoms with van der Waals surface area (Å²) in [6, 6.07) is 22.3. The molecule has 0 radical (unpaired) electrons. The summed E-state index contributed by atoms with van der Waals surface area (Å²) in [6.07, 6.45) is 4.45. The molecular weight excluding hydrogens is 502 g/mol. The summed E-state index contributed by atoms with van der Waals surface area (Å²) in [6.45, 7) is 0. The monoisotopic (exact) mass is 523 g/mol. The molecule has 188 valence electrons. The summed E-state index contributed by atoms with van der Waals surface area (Å²) in [5.74, 6) is -1.44. The van der Waals surface area contributed by atoms with Gasteiger partial charge in [0.25, 0.3) is 17.5 Å². The maximum Gasteiger partial charge on any atom is 0.276 e. The molecule has 38 heavy (non-hydrogen) atoms. The van der Waals surface area contributed by atoms with Crippen molar-refractivity contribution in [2.45, 2.75) is 0 Å². The van der Waals surface area contributed by atoms with Crippen molar-refractivity contribution < 1.29 is 19.3 Å². The number of hydrogen-bond acceptors (Lipinski definition) is 6. The fourth-order valence-electron chi connectivity index (χ4n) is 3.43. The summed E-state index contributed by atoms with van der Waals surface area (Å²) < 4.78 is 0. The minimum Gasteiger partial charge on any atom is -0.321 e. The smallest absolute Gasteiger partial charge is 0.276 e. The van der Waals surface area contributed by atoms with Gasteiger partial charge in [0.05, 0.1) is 10.5 Å². The Morgan fingerprint density at radius 2 is 1.55 bits per heavy atom. The van der Waals surface area contributed by atoms with Crippen LogP contribution in [-0.4, -0.2) is 22.5 Å². The highest BCUT2D eigenvalue weighted by molar-refractivity contribution is 7.08. The Morgan fingerprint density at radius 1 is 0.842 bits per heavy atom. The second-order valence-corrected chi connectivity index (χ2v) is 8.76. The Kier molecular flexibility index (Phi) is 8.32. The second kappa shape index (κ2) is 12.2. The second-order valence-electron chi connectivity index (χ2n) is 7.98. The standard InChI is InChI=1S/C29H21N3O5S/c33-27(15-10-20-16-17-38-19-20)21-11-13-24(14-12-21)30-29(35)25(31-28(34)22-6-2-1-3-7-22)18-23-8-4-5-9-26(23)32(36)37/h1-19H,(H,30,35)(H,31,34)/b15-10+,25-18-. The van der Waals surface area contributed by atoms with E-state index >= 15 is 0 Å². The van der Waals surface area contributed by atoms with Gasteiger partial charge in [0.15, 0.2) is 5.78 Å². The highest BCUT2D eigenvalue weighted by Crippen LogP contribution is 2.21. The molecular formula is C29H21N3O5S. The number of hydrogen-bond donors (Lipinski definition) is 2. The van der Waals surface area contributed by atoms with E-state index in [1.807, 2.05) is 16.8 Å². The van der Waals surface area contributed by atoms with Crippen LogP contribution in [0.4, 0.5) is 11.4 Å². The molecule has 0 aliphatic carbocycles. The molecule has 0 spiro atoms. The number of ketones is 1. The summed E-state index contributed by atoms with van der Waals surface area (Å²) in [4.78, 5) is 49.3. The van der Waals surface area contributed by atoms with Gasteiger partial charge in [-0.15, -0.1) is 0 Å². The van der Waals surface area contributed by atoms with Gasteiger partial charge < -0.3 is 10.6 Å². The third-order valence-corrected chi connectivity index (χ3v) is 6.06. The van der Waals surface area contributed by atoms with Crippen LogP contribution in [0.2, 0.25) is 0 Å². The molecule has 0 atom stereocenters. The molecule has 0 saturated carbocycles. The van der Waals surface area contributed by atoms with Gasteiger partial charge in [0.1, 0.15) is 5.70 Å². The number of nitro groups is 1. The molecule has 4 aromatic rings. The van der Waals surface area contributed by atoms with Gasteiger partial charge in [-0.25, -0.2) is 0 Å². The van der Waals surface area contributed by atoms with Crippen molar-refractivity contribution in [3.05, 3.63) is 140 Å². The number of carbonyl (C=O) groups is 3. The molecule has 4 rings (SSSR count). The molecule has 0 saturated heterocycles. The number of carbonyl (C=O) groups excluding carboxylic acids is 3.